The van der Waals surface area contributed by atoms with Crippen molar-refractivity contribution in [2.75, 3.05) is 52.4 Å². The molecule has 1 atom stereocenters. The lowest BCUT2D eigenvalue weighted by molar-refractivity contribution is -0.127. The number of amides is 3. The third-order valence-electron chi connectivity index (χ3n) is 4.62. The number of hydrogen-bond donors (Lipinski definition) is 6. The van der Waals surface area contributed by atoms with Crippen LogP contribution >= 0.6 is 0 Å². The highest BCUT2D eigenvalue weighted by molar-refractivity contribution is 5.77. The van der Waals surface area contributed by atoms with Gasteiger partial charge < -0.3 is 37.5 Å². The van der Waals surface area contributed by atoms with E-state index in [0.717, 1.165) is 58.2 Å². The van der Waals surface area contributed by atoms with Crippen molar-refractivity contribution in [2.24, 2.45) is 11.5 Å². The average molecular weight is 445 g/mol. The molecule has 0 aliphatic heterocycles. The quantitative estimate of drug-likeness (QED) is 0.121. The Bertz CT molecular complexity index is 479. The standard InChI is InChI=1S/C21H44N6O4/c1-2-20(29)26-14-7-12-24-15-9-18(16-25-11-6-10-22)31-17-21(30)27-13-5-3-4-8-19(23)28/h18,24-25H,2-17,22H2,1H3,(H2,23,28)(H,26,29)(H,27,30). The van der Waals surface area contributed by atoms with E-state index >= 15 is 0 Å². The van der Waals surface area contributed by atoms with E-state index < -0.39 is 0 Å². The topological polar surface area (TPSA) is 161 Å². The molecule has 0 aromatic carbocycles. The summed E-state index contributed by atoms with van der Waals surface area (Å²) in [6.07, 6.45) is 5.76. The second-order valence-electron chi connectivity index (χ2n) is 7.50. The molecule has 31 heavy (non-hydrogen) atoms. The van der Waals surface area contributed by atoms with Crippen molar-refractivity contribution in [3.05, 3.63) is 0 Å². The van der Waals surface area contributed by atoms with Gasteiger partial charge in [-0.05, 0) is 58.3 Å². The van der Waals surface area contributed by atoms with Crippen LogP contribution in [-0.4, -0.2) is 76.2 Å². The molecule has 0 aliphatic carbocycles. The largest absolute Gasteiger partial charge is 0.370 e. The summed E-state index contributed by atoms with van der Waals surface area (Å²) in [5.41, 5.74) is 10.6. The monoisotopic (exact) mass is 444 g/mol. The summed E-state index contributed by atoms with van der Waals surface area (Å²) < 4.78 is 5.80. The second-order valence-corrected chi connectivity index (χ2v) is 7.50. The molecule has 0 aromatic rings. The first-order valence-electron chi connectivity index (χ1n) is 11.5. The van der Waals surface area contributed by atoms with Crippen LogP contribution in [0.25, 0.3) is 0 Å². The summed E-state index contributed by atoms with van der Waals surface area (Å²) in [7, 11) is 0. The molecular formula is C21H44N6O4. The summed E-state index contributed by atoms with van der Waals surface area (Å²) in [6.45, 7) is 6.79. The van der Waals surface area contributed by atoms with Crippen LogP contribution in [0.5, 0.6) is 0 Å². The zero-order valence-electron chi connectivity index (χ0n) is 19.2. The molecule has 0 heterocycles. The highest BCUT2D eigenvalue weighted by Gasteiger charge is 2.11. The highest BCUT2D eigenvalue weighted by atomic mass is 16.5. The Morgan fingerprint density at radius 1 is 0.839 bits per heavy atom. The van der Waals surface area contributed by atoms with Crippen molar-refractivity contribution >= 4 is 17.7 Å². The third kappa shape index (κ3) is 21.3. The first-order valence-corrected chi connectivity index (χ1v) is 11.5. The van der Waals surface area contributed by atoms with E-state index in [2.05, 4.69) is 21.3 Å². The van der Waals surface area contributed by atoms with E-state index in [-0.39, 0.29) is 30.4 Å². The zero-order valence-corrected chi connectivity index (χ0v) is 19.2. The Labute approximate surface area is 187 Å². The van der Waals surface area contributed by atoms with E-state index in [0.29, 0.717) is 39.0 Å². The van der Waals surface area contributed by atoms with Gasteiger partial charge in [0.25, 0.3) is 0 Å². The molecule has 0 aromatic heterocycles. The van der Waals surface area contributed by atoms with Gasteiger partial charge in [-0.3, -0.25) is 14.4 Å². The Morgan fingerprint density at radius 3 is 2.26 bits per heavy atom. The van der Waals surface area contributed by atoms with Gasteiger partial charge in [-0.15, -0.1) is 0 Å². The van der Waals surface area contributed by atoms with Gasteiger partial charge in [-0.25, -0.2) is 0 Å². The molecule has 0 saturated heterocycles. The highest BCUT2D eigenvalue weighted by Crippen LogP contribution is 1.99. The molecule has 0 radical (unpaired) electrons. The van der Waals surface area contributed by atoms with Crippen molar-refractivity contribution in [1.82, 2.24) is 21.3 Å². The van der Waals surface area contributed by atoms with Gasteiger partial charge in [-0.2, -0.15) is 0 Å². The molecule has 8 N–H and O–H groups in total. The average Bonchev–Trinajstić information content (AvgIpc) is 2.75. The Balaban J connectivity index is 3.97. The van der Waals surface area contributed by atoms with Crippen molar-refractivity contribution in [3.63, 3.8) is 0 Å². The van der Waals surface area contributed by atoms with Crippen molar-refractivity contribution in [3.8, 4) is 0 Å². The number of primary amides is 1. The summed E-state index contributed by atoms with van der Waals surface area (Å²) >= 11 is 0. The SMILES string of the molecule is CCC(=O)NCCCNCCC(CNCCCN)OCC(=O)NCCCCCC(N)=O. The van der Waals surface area contributed by atoms with Crippen LogP contribution in [0.4, 0.5) is 0 Å². The van der Waals surface area contributed by atoms with Crippen LogP contribution < -0.4 is 32.7 Å². The minimum Gasteiger partial charge on any atom is -0.370 e. The zero-order chi connectivity index (χ0) is 23.2. The fourth-order valence-corrected chi connectivity index (χ4v) is 2.76. The number of nitrogens with one attached hydrogen (secondary N) is 4. The maximum atomic E-state index is 12.0. The molecular weight excluding hydrogens is 400 g/mol. The summed E-state index contributed by atoms with van der Waals surface area (Å²) in [6, 6.07) is 0. The Morgan fingerprint density at radius 2 is 1.55 bits per heavy atom. The van der Waals surface area contributed by atoms with Gasteiger partial charge >= 0.3 is 0 Å². The minimum atomic E-state index is -0.290. The van der Waals surface area contributed by atoms with Gasteiger partial charge in [-0.1, -0.05) is 13.3 Å². The van der Waals surface area contributed by atoms with Gasteiger partial charge in [0, 0.05) is 32.5 Å². The van der Waals surface area contributed by atoms with E-state index in [1.165, 1.54) is 0 Å². The number of nitrogens with two attached hydrogens (primary N) is 2. The minimum absolute atomic E-state index is 0.0214. The van der Waals surface area contributed by atoms with Crippen molar-refractivity contribution in [2.45, 2.75) is 64.4 Å². The molecule has 0 spiro atoms. The molecule has 0 saturated carbocycles. The fourth-order valence-electron chi connectivity index (χ4n) is 2.76. The van der Waals surface area contributed by atoms with Gasteiger partial charge in [0.15, 0.2) is 0 Å². The first-order chi connectivity index (χ1) is 15.0. The number of ether oxygens (including phenoxy) is 1. The number of rotatable bonds is 22. The predicted octanol–water partition coefficient (Wildman–Crippen LogP) is -0.632. The van der Waals surface area contributed by atoms with Crippen LogP contribution in [0.3, 0.4) is 0 Å². The number of unbranched alkanes of at least 4 members (excludes halogenated alkanes) is 2. The lowest BCUT2D eigenvalue weighted by Crippen LogP contribution is -2.37. The Kier molecular flexibility index (Phi) is 20.3. The second kappa shape index (κ2) is 21.5. The maximum absolute atomic E-state index is 12.0. The van der Waals surface area contributed by atoms with Crippen LogP contribution in [0.2, 0.25) is 0 Å². The van der Waals surface area contributed by atoms with Gasteiger partial charge in [0.2, 0.25) is 17.7 Å². The maximum Gasteiger partial charge on any atom is 0.246 e. The molecule has 0 fully saturated rings. The van der Waals surface area contributed by atoms with E-state index in [4.69, 9.17) is 16.2 Å². The van der Waals surface area contributed by atoms with Crippen LogP contribution in [0.15, 0.2) is 0 Å². The normalized spacial score (nSPS) is 11.8. The summed E-state index contributed by atoms with van der Waals surface area (Å²) in [5.74, 6) is -0.358. The van der Waals surface area contributed by atoms with Crippen molar-refractivity contribution in [1.29, 1.82) is 0 Å². The molecule has 182 valence electrons. The van der Waals surface area contributed by atoms with E-state index in [1.54, 1.807) is 0 Å². The van der Waals surface area contributed by atoms with Crippen LogP contribution in [-0.2, 0) is 19.1 Å². The van der Waals surface area contributed by atoms with Crippen LogP contribution in [0, 0.1) is 0 Å². The number of carbonyl (C=O) groups is 3. The van der Waals surface area contributed by atoms with E-state index in [1.807, 2.05) is 6.92 Å². The molecule has 0 bridgehead atoms. The Hall–Kier alpha value is -1.75. The predicted molar refractivity (Wildman–Crippen MR) is 122 cm³/mol. The molecule has 10 heteroatoms. The lowest BCUT2D eigenvalue weighted by Gasteiger charge is -2.19. The lowest BCUT2D eigenvalue weighted by atomic mass is 10.2. The molecule has 10 nitrogen and oxygen atoms in total. The summed E-state index contributed by atoms with van der Waals surface area (Å²) in [4.78, 5) is 33.9. The summed E-state index contributed by atoms with van der Waals surface area (Å²) in [5, 5.41) is 12.4. The third-order valence-corrected chi connectivity index (χ3v) is 4.62. The van der Waals surface area contributed by atoms with Gasteiger partial charge in [0.1, 0.15) is 6.61 Å². The molecule has 0 aliphatic rings. The molecule has 1 unspecified atom stereocenters. The smallest absolute Gasteiger partial charge is 0.246 e. The molecule has 0 rings (SSSR count). The molecule has 3 amide bonds. The fraction of sp³-hybridized carbons (Fsp3) is 0.857. The van der Waals surface area contributed by atoms with Crippen LogP contribution in [0.1, 0.15) is 58.3 Å². The first kappa shape index (κ1) is 29.2. The number of carbonyl (C=O) groups excluding carboxylic acids is 3. The van der Waals surface area contributed by atoms with Crippen molar-refractivity contribution < 1.29 is 19.1 Å². The van der Waals surface area contributed by atoms with E-state index in [9.17, 15) is 14.4 Å². The number of hydrogen-bond acceptors (Lipinski definition) is 7. The van der Waals surface area contributed by atoms with Gasteiger partial charge in [0.05, 0.1) is 6.10 Å².